The summed E-state index contributed by atoms with van der Waals surface area (Å²) in [6, 6.07) is 8.57. The lowest BCUT2D eigenvalue weighted by molar-refractivity contribution is 0.176. The molecule has 0 bridgehead atoms. The van der Waals surface area contributed by atoms with E-state index in [4.69, 9.17) is 12.2 Å². The van der Waals surface area contributed by atoms with Gasteiger partial charge in [-0.15, -0.1) is 0 Å². The zero-order chi connectivity index (χ0) is 18.7. The molecule has 0 amide bonds. The minimum atomic E-state index is 0.549. The Kier molecular flexibility index (Phi) is 5.94. The number of piperazine rings is 1. The summed E-state index contributed by atoms with van der Waals surface area (Å²) in [6.07, 6.45) is 2.12. The fourth-order valence-corrected chi connectivity index (χ4v) is 3.61. The average Bonchev–Trinajstić information content (AvgIpc) is 2.93. The van der Waals surface area contributed by atoms with E-state index in [0.717, 1.165) is 49.2 Å². The van der Waals surface area contributed by atoms with Crippen LogP contribution in [0.25, 0.3) is 0 Å². The Hall–Kier alpha value is -1.92. The van der Waals surface area contributed by atoms with Crippen LogP contribution in [-0.4, -0.2) is 50.9 Å². The Balaban J connectivity index is 1.49. The van der Waals surface area contributed by atoms with Gasteiger partial charge in [0.2, 0.25) is 0 Å². The number of hydrogen-bond donors (Lipinski definition) is 1. The SMILES string of the molecule is Cc1nn(C)cc1CN1CCN(C(=S)Nc2ccc(C(C)C)cc2)CC1. The molecule has 0 spiro atoms. The number of thiocarbonyl (C=S) groups is 1. The fraction of sp³-hybridized carbons (Fsp3) is 0.500. The van der Waals surface area contributed by atoms with Crippen LogP contribution in [0, 0.1) is 6.92 Å². The largest absolute Gasteiger partial charge is 0.346 e. The van der Waals surface area contributed by atoms with E-state index in [-0.39, 0.29) is 0 Å². The number of rotatable bonds is 4. The zero-order valence-electron chi connectivity index (χ0n) is 16.2. The summed E-state index contributed by atoms with van der Waals surface area (Å²) in [7, 11) is 1.98. The number of nitrogens with zero attached hydrogens (tertiary/aromatic N) is 4. The molecule has 1 aromatic heterocycles. The molecule has 1 aromatic carbocycles. The maximum absolute atomic E-state index is 5.62. The van der Waals surface area contributed by atoms with Gasteiger partial charge < -0.3 is 10.2 Å². The first-order valence-corrected chi connectivity index (χ1v) is 9.70. The van der Waals surface area contributed by atoms with Gasteiger partial charge in [-0.3, -0.25) is 9.58 Å². The highest BCUT2D eigenvalue weighted by atomic mass is 32.1. The lowest BCUT2D eigenvalue weighted by Crippen LogP contribution is -2.49. The Labute approximate surface area is 162 Å². The van der Waals surface area contributed by atoms with Crippen LogP contribution in [0.15, 0.2) is 30.5 Å². The van der Waals surface area contributed by atoms with Crippen molar-refractivity contribution in [2.45, 2.75) is 33.2 Å². The molecule has 1 N–H and O–H groups in total. The third-order valence-electron chi connectivity index (χ3n) is 5.00. The van der Waals surface area contributed by atoms with Gasteiger partial charge in [0.05, 0.1) is 5.69 Å². The van der Waals surface area contributed by atoms with E-state index >= 15 is 0 Å². The third-order valence-corrected chi connectivity index (χ3v) is 5.36. The number of anilines is 1. The number of aromatic nitrogens is 2. The molecular formula is C20H29N5S. The maximum atomic E-state index is 5.62. The van der Waals surface area contributed by atoms with Crippen LogP contribution in [0.5, 0.6) is 0 Å². The monoisotopic (exact) mass is 371 g/mol. The molecule has 1 saturated heterocycles. The van der Waals surface area contributed by atoms with E-state index in [1.807, 2.05) is 11.7 Å². The fourth-order valence-electron chi connectivity index (χ4n) is 3.31. The summed E-state index contributed by atoms with van der Waals surface area (Å²) in [5.74, 6) is 0.549. The maximum Gasteiger partial charge on any atom is 0.173 e. The second kappa shape index (κ2) is 8.18. The van der Waals surface area contributed by atoms with Crippen molar-refractivity contribution in [1.82, 2.24) is 19.6 Å². The van der Waals surface area contributed by atoms with Crippen molar-refractivity contribution in [2.75, 3.05) is 31.5 Å². The highest BCUT2D eigenvalue weighted by Gasteiger charge is 2.20. The Morgan fingerprint density at radius 1 is 1.15 bits per heavy atom. The second-order valence-corrected chi connectivity index (χ2v) is 7.77. The number of benzene rings is 1. The molecule has 3 rings (SSSR count). The van der Waals surface area contributed by atoms with Crippen LogP contribution < -0.4 is 5.32 Å². The summed E-state index contributed by atoms with van der Waals surface area (Å²) in [5.41, 5.74) is 4.84. The summed E-state index contributed by atoms with van der Waals surface area (Å²) < 4.78 is 1.89. The lowest BCUT2D eigenvalue weighted by Gasteiger charge is -2.36. The zero-order valence-corrected chi connectivity index (χ0v) is 17.0. The first-order valence-electron chi connectivity index (χ1n) is 9.29. The Bertz CT molecular complexity index is 742. The quantitative estimate of drug-likeness (QED) is 0.834. The Morgan fingerprint density at radius 3 is 2.35 bits per heavy atom. The Morgan fingerprint density at radius 2 is 1.81 bits per heavy atom. The number of nitrogens with one attached hydrogen (secondary N) is 1. The molecule has 0 saturated carbocycles. The van der Waals surface area contributed by atoms with Crippen LogP contribution in [0.3, 0.4) is 0 Å². The lowest BCUT2D eigenvalue weighted by atomic mass is 10.0. The van der Waals surface area contributed by atoms with Gasteiger partial charge in [0.1, 0.15) is 0 Å². The molecule has 0 atom stereocenters. The molecule has 26 heavy (non-hydrogen) atoms. The van der Waals surface area contributed by atoms with E-state index < -0.39 is 0 Å². The molecule has 5 nitrogen and oxygen atoms in total. The first-order chi connectivity index (χ1) is 12.4. The normalized spacial score (nSPS) is 15.5. The minimum absolute atomic E-state index is 0.549. The van der Waals surface area contributed by atoms with E-state index in [1.54, 1.807) is 0 Å². The highest BCUT2D eigenvalue weighted by Crippen LogP contribution is 2.18. The molecule has 1 fully saturated rings. The van der Waals surface area contributed by atoms with Crippen molar-refractivity contribution >= 4 is 23.0 Å². The second-order valence-electron chi connectivity index (χ2n) is 7.38. The van der Waals surface area contributed by atoms with Gasteiger partial charge in [0.15, 0.2) is 5.11 Å². The average molecular weight is 372 g/mol. The summed E-state index contributed by atoms with van der Waals surface area (Å²) in [4.78, 5) is 4.73. The summed E-state index contributed by atoms with van der Waals surface area (Å²) >= 11 is 5.62. The van der Waals surface area contributed by atoms with Gasteiger partial charge >= 0.3 is 0 Å². The van der Waals surface area contributed by atoms with E-state index in [2.05, 4.69) is 71.4 Å². The summed E-state index contributed by atoms with van der Waals surface area (Å²) in [5, 5.41) is 8.63. The first kappa shape index (κ1) is 18.9. The van der Waals surface area contributed by atoms with E-state index in [1.165, 1.54) is 11.1 Å². The molecule has 0 aliphatic carbocycles. The van der Waals surface area contributed by atoms with Gasteiger partial charge in [0.25, 0.3) is 0 Å². The van der Waals surface area contributed by atoms with Gasteiger partial charge in [-0.2, -0.15) is 5.10 Å². The molecule has 0 unspecified atom stereocenters. The molecule has 140 valence electrons. The van der Waals surface area contributed by atoms with Gasteiger partial charge in [0, 0.05) is 57.2 Å². The van der Waals surface area contributed by atoms with Crippen LogP contribution in [0.1, 0.15) is 36.6 Å². The van der Waals surface area contributed by atoms with Crippen molar-refractivity contribution in [1.29, 1.82) is 0 Å². The van der Waals surface area contributed by atoms with Crippen LogP contribution in [0.2, 0.25) is 0 Å². The topological polar surface area (TPSA) is 36.3 Å². The molecule has 1 aliphatic heterocycles. The van der Waals surface area contributed by atoms with Crippen molar-refractivity contribution < 1.29 is 0 Å². The van der Waals surface area contributed by atoms with Gasteiger partial charge in [-0.25, -0.2) is 0 Å². The van der Waals surface area contributed by atoms with Gasteiger partial charge in [-0.05, 0) is 42.8 Å². The molecule has 2 heterocycles. The molecular weight excluding hydrogens is 342 g/mol. The van der Waals surface area contributed by atoms with E-state index in [0.29, 0.717) is 5.92 Å². The third kappa shape index (κ3) is 4.62. The minimum Gasteiger partial charge on any atom is -0.346 e. The van der Waals surface area contributed by atoms with Crippen LogP contribution >= 0.6 is 12.2 Å². The predicted molar refractivity (Wildman–Crippen MR) is 112 cm³/mol. The van der Waals surface area contributed by atoms with Crippen molar-refractivity contribution in [3.8, 4) is 0 Å². The predicted octanol–water partition coefficient (Wildman–Crippen LogP) is 3.37. The molecule has 0 radical (unpaired) electrons. The smallest absolute Gasteiger partial charge is 0.173 e. The molecule has 1 aliphatic rings. The van der Waals surface area contributed by atoms with E-state index in [9.17, 15) is 0 Å². The number of hydrogen-bond acceptors (Lipinski definition) is 3. The van der Waals surface area contributed by atoms with Crippen molar-refractivity contribution in [2.24, 2.45) is 7.05 Å². The number of aryl methyl sites for hydroxylation is 2. The standard InChI is InChI=1S/C20H29N5S/c1-15(2)17-5-7-19(8-6-17)21-20(26)25-11-9-24(10-12-25)14-18-13-23(4)22-16(18)3/h5-8,13,15H,9-12,14H2,1-4H3,(H,21,26). The van der Waals surface area contributed by atoms with Gasteiger partial charge in [-0.1, -0.05) is 26.0 Å². The van der Waals surface area contributed by atoms with Crippen molar-refractivity contribution in [3.63, 3.8) is 0 Å². The molecule has 6 heteroatoms. The van der Waals surface area contributed by atoms with Crippen LogP contribution in [-0.2, 0) is 13.6 Å². The van der Waals surface area contributed by atoms with Crippen LogP contribution in [0.4, 0.5) is 5.69 Å². The van der Waals surface area contributed by atoms with Crippen molar-refractivity contribution in [3.05, 3.63) is 47.3 Å². The summed E-state index contributed by atoms with van der Waals surface area (Å²) in [6.45, 7) is 11.4. The molecule has 2 aromatic rings. The highest BCUT2D eigenvalue weighted by molar-refractivity contribution is 7.80.